The number of hydrogen-bond acceptors (Lipinski definition) is 3. The molecule has 0 aliphatic carbocycles. The van der Waals surface area contributed by atoms with Crippen LogP contribution in [-0.4, -0.2) is 26.6 Å². The molecule has 1 aromatic heterocycles. The van der Waals surface area contributed by atoms with Crippen molar-refractivity contribution in [1.29, 1.82) is 0 Å². The summed E-state index contributed by atoms with van der Waals surface area (Å²) in [6.07, 6.45) is -3.69. The van der Waals surface area contributed by atoms with Gasteiger partial charge < -0.3 is 10.1 Å². The third-order valence-corrected chi connectivity index (χ3v) is 3.62. The Bertz CT molecular complexity index is 751. The monoisotopic (exact) mass is 374 g/mol. The molecule has 0 fully saturated rings. The molecule has 0 aliphatic heterocycles. The van der Waals surface area contributed by atoms with Crippen molar-refractivity contribution in [3.63, 3.8) is 0 Å². The highest BCUT2D eigenvalue weighted by Crippen LogP contribution is 2.31. The van der Waals surface area contributed by atoms with Gasteiger partial charge in [0.2, 0.25) is 0 Å². The number of carbonyl (C=O) groups excluding carboxylic acids is 1. The number of rotatable bonds is 5. The van der Waals surface area contributed by atoms with Crippen molar-refractivity contribution in [3.05, 3.63) is 47.1 Å². The summed E-state index contributed by atoms with van der Waals surface area (Å²) in [5, 5.41) is 2.55. The lowest BCUT2D eigenvalue weighted by molar-refractivity contribution is -0.367. The number of H-pyrrole nitrogens is 1. The Morgan fingerprint density at radius 1 is 1.32 bits per heavy atom. The summed E-state index contributed by atoms with van der Waals surface area (Å²) in [5.74, 6) is 0.512. The van der Waals surface area contributed by atoms with Crippen molar-refractivity contribution in [1.82, 2.24) is 0 Å². The molecule has 0 aliphatic rings. The molecular weight excluding hydrogens is 359 g/mol. The smallest absolute Gasteiger partial charge is 0.419 e. The number of benzene rings is 1. The minimum absolute atomic E-state index is 0.104. The number of carbonyl (C=O) groups is 1. The first-order valence-corrected chi connectivity index (χ1v) is 7.52. The van der Waals surface area contributed by atoms with E-state index in [0.717, 1.165) is 12.3 Å². The molecule has 1 aromatic carbocycles. The van der Waals surface area contributed by atoms with Crippen molar-refractivity contribution >= 4 is 29.0 Å². The van der Waals surface area contributed by atoms with Gasteiger partial charge in [0.15, 0.2) is 6.54 Å². The molecule has 5 nitrogen and oxygen atoms in total. The Labute approximate surface area is 147 Å². The summed E-state index contributed by atoms with van der Waals surface area (Å²) in [6.45, 7) is -0.104. The number of aromatic amines is 1. The molecule has 134 valence electrons. The molecule has 1 heterocycles. The Balaban J connectivity index is 2.03. The Hall–Kier alpha value is -2.48. The average molecular weight is 375 g/mol. The number of anilines is 2. The largest absolute Gasteiger partial charge is 0.497 e. The summed E-state index contributed by atoms with van der Waals surface area (Å²) in [7, 11) is 3.07. The molecule has 2 aromatic rings. The van der Waals surface area contributed by atoms with E-state index in [1.807, 2.05) is 0 Å². The maximum absolute atomic E-state index is 12.6. The first-order chi connectivity index (χ1) is 11.7. The predicted octanol–water partition coefficient (Wildman–Crippen LogP) is 3.26. The fraction of sp³-hybridized carbons (Fsp3) is 0.250. The maximum Gasteiger partial charge on any atom is 0.419 e. The third kappa shape index (κ3) is 4.99. The van der Waals surface area contributed by atoms with Crippen LogP contribution in [0.15, 0.2) is 36.5 Å². The molecule has 0 saturated heterocycles. The average Bonchev–Trinajstić information content (AvgIpc) is 2.54. The number of ether oxygens (including phenoxy) is 1. The van der Waals surface area contributed by atoms with E-state index in [1.54, 1.807) is 31.3 Å². The molecule has 0 spiro atoms. The highest BCUT2D eigenvalue weighted by molar-refractivity contribution is 6.32. The molecule has 0 atom stereocenters. The van der Waals surface area contributed by atoms with Gasteiger partial charge in [0.05, 0.1) is 19.7 Å². The third-order valence-electron chi connectivity index (χ3n) is 3.34. The molecule has 0 radical (unpaired) electrons. The minimum atomic E-state index is -4.50. The fourth-order valence-corrected chi connectivity index (χ4v) is 2.40. The molecular formula is C16H16ClF3N3O2+. The Kier molecular flexibility index (Phi) is 5.73. The van der Waals surface area contributed by atoms with E-state index >= 15 is 0 Å². The van der Waals surface area contributed by atoms with Crippen LogP contribution in [0.25, 0.3) is 0 Å². The zero-order valence-corrected chi connectivity index (χ0v) is 14.2. The van der Waals surface area contributed by atoms with Crippen LogP contribution in [0.4, 0.5) is 24.7 Å². The Morgan fingerprint density at radius 2 is 1.96 bits per heavy atom. The van der Waals surface area contributed by atoms with Crippen LogP contribution < -0.4 is 19.9 Å². The summed E-state index contributed by atoms with van der Waals surface area (Å²) in [5.41, 5.74) is -0.320. The van der Waals surface area contributed by atoms with Crippen LogP contribution in [0.2, 0.25) is 5.02 Å². The normalized spacial score (nSPS) is 11.1. The van der Waals surface area contributed by atoms with E-state index in [2.05, 4.69) is 10.3 Å². The van der Waals surface area contributed by atoms with E-state index in [0.29, 0.717) is 11.4 Å². The van der Waals surface area contributed by atoms with Crippen LogP contribution in [0.1, 0.15) is 5.56 Å². The summed E-state index contributed by atoms with van der Waals surface area (Å²) >= 11 is 5.89. The van der Waals surface area contributed by atoms with Crippen molar-refractivity contribution in [2.24, 2.45) is 0 Å². The van der Waals surface area contributed by atoms with Gasteiger partial charge >= 0.3 is 6.18 Å². The van der Waals surface area contributed by atoms with E-state index in [1.165, 1.54) is 12.0 Å². The Morgan fingerprint density at radius 3 is 2.48 bits per heavy atom. The van der Waals surface area contributed by atoms with Crippen molar-refractivity contribution in [3.8, 4) is 5.75 Å². The fourth-order valence-electron chi connectivity index (χ4n) is 2.09. The topological polar surface area (TPSA) is 55.7 Å². The van der Waals surface area contributed by atoms with E-state index < -0.39 is 11.7 Å². The van der Waals surface area contributed by atoms with Crippen LogP contribution in [0.3, 0.4) is 0 Å². The minimum Gasteiger partial charge on any atom is -0.497 e. The van der Waals surface area contributed by atoms with Gasteiger partial charge in [-0.3, -0.25) is 9.69 Å². The van der Waals surface area contributed by atoms with E-state index in [9.17, 15) is 18.0 Å². The second-order valence-electron chi connectivity index (χ2n) is 5.22. The van der Waals surface area contributed by atoms with Gasteiger partial charge in [-0.25, -0.2) is 4.98 Å². The molecule has 9 heteroatoms. The van der Waals surface area contributed by atoms with Crippen LogP contribution >= 0.6 is 11.6 Å². The number of amides is 1. The quantitative estimate of drug-likeness (QED) is 0.874. The van der Waals surface area contributed by atoms with Gasteiger partial charge in [-0.2, -0.15) is 13.2 Å². The molecule has 2 N–H and O–H groups in total. The number of nitrogens with zero attached hydrogens (tertiary/aromatic N) is 1. The molecule has 0 bridgehead atoms. The number of halogens is 4. The number of likely N-dealkylation sites (N-methyl/N-ethyl adjacent to an activating group) is 1. The molecule has 0 saturated carbocycles. The summed E-state index contributed by atoms with van der Waals surface area (Å²) in [6, 6.07) is 7.55. The zero-order valence-electron chi connectivity index (χ0n) is 13.4. The van der Waals surface area contributed by atoms with Gasteiger partial charge in [0.1, 0.15) is 17.0 Å². The lowest BCUT2D eigenvalue weighted by atomic mass is 10.2. The van der Waals surface area contributed by atoms with Gasteiger partial charge in [-0.05, 0) is 30.3 Å². The van der Waals surface area contributed by atoms with E-state index in [-0.39, 0.29) is 23.3 Å². The first kappa shape index (κ1) is 18.9. The van der Waals surface area contributed by atoms with Gasteiger partial charge in [0.25, 0.3) is 11.7 Å². The van der Waals surface area contributed by atoms with Crippen LogP contribution in [0.5, 0.6) is 5.75 Å². The van der Waals surface area contributed by atoms with Crippen LogP contribution in [0, 0.1) is 0 Å². The number of nitrogens with one attached hydrogen (secondary N) is 2. The van der Waals surface area contributed by atoms with Gasteiger partial charge in [-0.15, -0.1) is 0 Å². The first-order valence-electron chi connectivity index (χ1n) is 7.14. The number of pyridine rings is 1. The highest BCUT2D eigenvalue weighted by Gasteiger charge is 2.33. The standard InChI is InChI=1S/C16H15ClF3N3O2/c1-23(15-13(17)7-10(8-21-15)16(18,19)20)9-14(24)22-11-3-5-12(25-2)6-4-11/h3-8H,9H2,1-2H3,(H,22,24)/p+1. The molecule has 2 rings (SSSR count). The second kappa shape index (κ2) is 7.60. The van der Waals surface area contributed by atoms with Crippen molar-refractivity contribution < 1.29 is 27.7 Å². The molecule has 1 amide bonds. The SMILES string of the molecule is COc1ccc(NC(=O)CN(C)c2[nH+]cc(C(F)(F)F)cc2Cl)cc1. The number of aromatic nitrogens is 1. The maximum atomic E-state index is 12.6. The lowest BCUT2D eigenvalue weighted by Gasteiger charge is -2.13. The number of hydrogen-bond donors (Lipinski definition) is 1. The van der Waals surface area contributed by atoms with Crippen LogP contribution in [-0.2, 0) is 11.0 Å². The van der Waals surface area contributed by atoms with Crippen molar-refractivity contribution in [2.45, 2.75) is 6.18 Å². The second-order valence-corrected chi connectivity index (χ2v) is 5.62. The van der Waals surface area contributed by atoms with Gasteiger partial charge in [0, 0.05) is 5.69 Å². The van der Waals surface area contributed by atoms with Crippen molar-refractivity contribution in [2.75, 3.05) is 30.9 Å². The number of alkyl halides is 3. The predicted molar refractivity (Wildman–Crippen MR) is 87.9 cm³/mol. The van der Waals surface area contributed by atoms with Gasteiger partial charge in [-0.1, -0.05) is 11.6 Å². The molecule has 0 unspecified atom stereocenters. The molecule has 25 heavy (non-hydrogen) atoms. The lowest BCUT2D eigenvalue weighted by Crippen LogP contribution is -2.34. The zero-order chi connectivity index (χ0) is 18.6. The number of methoxy groups -OCH3 is 1. The summed E-state index contributed by atoms with van der Waals surface area (Å²) < 4.78 is 42.9. The highest BCUT2D eigenvalue weighted by atomic mass is 35.5. The summed E-state index contributed by atoms with van der Waals surface area (Å²) in [4.78, 5) is 16.0. The van der Waals surface area contributed by atoms with E-state index in [4.69, 9.17) is 16.3 Å².